The van der Waals surface area contributed by atoms with Crippen molar-refractivity contribution in [1.29, 1.82) is 0 Å². The van der Waals surface area contributed by atoms with Crippen molar-refractivity contribution in [2.75, 3.05) is 13.2 Å². The fraction of sp³-hybridized carbons (Fsp3) is 0.250. The van der Waals surface area contributed by atoms with Gasteiger partial charge in [0.25, 0.3) is 0 Å². The summed E-state index contributed by atoms with van der Waals surface area (Å²) in [6, 6.07) is 4.75. The average molecular weight is 266 g/mol. The van der Waals surface area contributed by atoms with Crippen molar-refractivity contribution in [3.8, 4) is 11.5 Å². The number of carbonyl (C=O) groups is 1. The summed E-state index contributed by atoms with van der Waals surface area (Å²) in [5.74, 6) is -0.948. The Morgan fingerprint density at radius 3 is 2.74 bits per heavy atom. The lowest BCUT2D eigenvalue weighted by Gasteiger charge is -2.14. The zero-order valence-corrected chi connectivity index (χ0v) is 10.2. The molecule has 0 fully saturated rings. The van der Waals surface area contributed by atoms with E-state index in [9.17, 15) is 20.0 Å². The summed E-state index contributed by atoms with van der Waals surface area (Å²) in [6.45, 7) is 1.44. The standard InChI is InChI=1S/C12H13NO6/c1-2-18-10-5-3-4-9(6-7-13(16)17)12(10)19-8-11(14)15/h3-7H,2,8H2,1H3,(H,14,15)/p-1/b7-6-. The number of aliphatic carboxylic acids is 1. The first-order valence-electron chi connectivity index (χ1n) is 5.44. The van der Waals surface area contributed by atoms with E-state index in [1.54, 1.807) is 25.1 Å². The van der Waals surface area contributed by atoms with Crippen LogP contribution in [-0.2, 0) is 4.79 Å². The maximum Gasteiger partial charge on any atom is 0.235 e. The van der Waals surface area contributed by atoms with Crippen molar-refractivity contribution in [1.82, 2.24) is 0 Å². The molecule has 0 heterocycles. The summed E-state index contributed by atoms with van der Waals surface area (Å²) in [5.41, 5.74) is 0.351. The molecule has 7 heteroatoms. The van der Waals surface area contributed by atoms with Crippen molar-refractivity contribution in [2.45, 2.75) is 6.92 Å². The highest BCUT2D eigenvalue weighted by atomic mass is 16.6. The lowest BCUT2D eigenvalue weighted by atomic mass is 10.2. The number of carboxylic acids is 1. The highest BCUT2D eigenvalue weighted by molar-refractivity contribution is 5.68. The first-order valence-corrected chi connectivity index (χ1v) is 5.44. The molecule has 0 aliphatic heterocycles. The third kappa shape index (κ3) is 4.66. The van der Waals surface area contributed by atoms with Gasteiger partial charge in [0, 0.05) is 11.6 Å². The van der Waals surface area contributed by atoms with Crippen LogP contribution in [-0.4, -0.2) is 24.1 Å². The second kappa shape index (κ2) is 7.00. The first-order chi connectivity index (χ1) is 9.04. The zero-order valence-electron chi connectivity index (χ0n) is 10.2. The van der Waals surface area contributed by atoms with Gasteiger partial charge < -0.3 is 19.4 Å². The zero-order chi connectivity index (χ0) is 14.3. The Labute approximate surface area is 109 Å². The van der Waals surface area contributed by atoms with Gasteiger partial charge in [0.15, 0.2) is 11.5 Å². The minimum Gasteiger partial charge on any atom is -0.546 e. The highest BCUT2D eigenvalue weighted by Gasteiger charge is 2.10. The van der Waals surface area contributed by atoms with Crippen LogP contribution in [0.4, 0.5) is 0 Å². The predicted octanol–water partition coefficient (Wildman–Crippen LogP) is 0.461. The third-order valence-electron chi connectivity index (χ3n) is 2.02. The summed E-state index contributed by atoms with van der Waals surface area (Å²) in [4.78, 5) is 20.1. The molecule has 0 bridgehead atoms. The molecule has 1 aromatic rings. The van der Waals surface area contributed by atoms with E-state index in [0.717, 1.165) is 6.20 Å². The van der Waals surface area contributed by atoms with E-state index < -0.39 is 17.5 Å². The minimum atomic E-state index is -1.39. The number of rotatable bonds is 7. The Bertz CT molecular complexity index is 497. The Kier molecular flexibility index (Phi) is 5.34. The number of hydrogen-bond acceptors (Lipinski definition) is 6. The number of nitro groups is 1. The number of hydrogen-bond donors (Lipinski definition) is 0. The number of benzene rings is 1. The summed E-state index contributed by atoms with van der Waals surface area (Å²) in [7, 11) is 0. The van der Waals surface area contributed by atoms with Crippen LogP contribution in [0.2, 0.25) is 0 Å². The van der Waals surface area contributed by atoms with Gasteiger partial charge in [-0.3, -0.25) is 10.1 Å². The van der Waals surface area contributed by atoms with Crippen molar-refractivity contribution < 1.29 is 24.3 Å². The minimum absolute atomic E-state index is 0.131. The predicted molar refractivity (Wildman–Crippen MR) is 64.1 cm³/mol. The summed E-state index contributed by atoms with van der Waals surface area (Å²) in [6.07, 6.45) is 1.93. The number of nitrogens with zero attached hydrogens (tertiary/aromatic N) is 1. The second-order valence-electron chi connectivity index (χ2n) is 3.37. The van der Waals surface area contributed by atoms with Crippen LogP contribution in [0.15, 0.2) is 24.4 Å². The Balaban J connectivity index is 3.09. The van der Waals surface area contributed by atoms with Crippen molar-refractivity contribution in [3.63, 3.8) is 0 Å². The van der Waals surface area contributed by atoms with E-state index in [1.165, 1.54) is 6.08 Å². The third-order valence-corrected chi connectivity index (χ3v) is 2.02. The van der Waals surface area contributed by atoms with E-state index >= 15 is 0 Å². The van der Waals surface area contributed by atoms with Gasteiger partial charge in [0.1, 0.15) is 6.61 Å². The largest absolute Gasteiger partial charge is 0.546 e. The molecular weight excluding hydrogens is 254 g/mol. The molecule has 1 aromatic carbocycles. The monoisotopic (exact) mass is 266 g/mol. The molecule has 0 aliphatic rings. The lowest BCUT2D eigenvalue weighted by molar-refractivity contribution is -0.400. The van der Waals surface area contributed by atoms with Crippen LogP contribution in [0.1, 0.15) is 12.5 Å². The molecule has 0 unspecified atom stereocenters. The van der Waals surface area contributed by atoms with Gasteiger partial charge in [-0.25, -0.2) is 0 Å². The molecule has 0 spiro atoms. The molecule has 0 N–H and O–H groups in total. The fourth-order valence-corrected chi connectivity index (χ4v) is 1.36. The Morgan fingerprint density at radius 2 is 2.16 bits per heavy atom. The van der Waals surface area contributed by atoms with Crippen LogP contribution >= 0.6 is 0 Å². The summed E-state index contributed by atoms with van der Waals surface area (Å²) in [5, 5.41) is 20.7. The number of ether oxygens (including phenoxy) is 2. The molecule has 0 saturated carbocycles. The van der Waals surface area contributed by atoms with Crippen LogP contribution in [0.3, 0.4) is 0 Å². The Hall–Kier alpha value is -2.57. The van der Waals surface area contributed by atoms with Crippen LogP contribution in [0.25, 0.3) is 6.08 Å². The quantitative estimate of drug-likeness (QED) is 0.525. The molecule has 0 amide bonds. The van der Waals surface area contributed by atoms with E-state index in [-0.39, 0.29) is 5.75 Å². The number of carboxylic acid groups (broad SMARTS) is 1. The van der Waals surface area contributed by atoms with E-state index in [1.807, 2.05) is 0 Å². The topological polar surface area (TPSA) is 102 Å². The van der Waals surface area contributed by atoms with Gasteiger partial charge in [-0.15, -0.1) is 0 Å². The molecule has 0 radical (unpaired) electrons. The molecule has 1 rings (SSSR count). The SMILES string of the molecule is CCOc1cccc(/C=C\[N+](=O)[O-])c1OCC(=O)[O-]. The van der Waals surface area contributed by atoms with Crippen LogP contribution in [0, 0.1) is 10.1 Å². The van der Waals surface area contributed by atoms with Gasteiger partial charge in [-0.05, 0) is 13.0 Å². The number of para-hydroxylation sites is 1. The van der Waals surface area contributed by atoms with E-state index in [4.69, 9.17) is 9.47 Å². The normalized spacial score (nSPS) is 10.4. The molecule has 0 aromatic heterocycles. The molecular formula is C12H12NO6-. The van der Waals surface area contributed by atoms with Gasteiger partial charge >= 0.3 is 0 Å². The van der Waals surface area contributed by atoms with Crippen molar-refractivity contribution in [3.05, 3.63) is 40.1 Å². The summed E-state index contributed by atoms with van der Waals surface area (Å²) >= 11 is 0. The lowest BCUT2D eigenvalue weighted by Crippen LogP contribution is -2.29. The van der Waals surface area contributed by atoms with Crippen molar-refractivity contribution in [2.24, 2.45) is 0 Å². The smallest absolute Gasteiger partial charge is 0.235 e. The average Bonchev–Trinajstić information content (AvgIpc) is 2.35. The summed E-state index contributed by atoms with van der Waals surface area (Å²) < 4.78 is 10.3. The first kappa shape index (κ1) is 14.5. The molecule has 0 saturated heterocycles. The maximum absolute atomic E-state index is 10.4. The second-order valence-corrected chi connectivity index (χ2v) is 3.37. The van der Waals surface area contributed by atoms with Gasteiger partial charge in [-0.2, -0.15) is 0 Å². The number of carbonyl (C=O) groups excluding carboxylic acids is 1. The van der Waals surface area contributed by atoms with E-state index in [2.05, 4.69) is 0 Å². The maximum atomic E-state index is 10.4. The van der Waals surface area contributed by atoms with Gasteiger partial charge in [-0.1, -0.05) is 12.1 Å². The molecule has 0 aliphatic carbocycles. The van der Waals surface area contributed by atoms with Gasteiger partial charge in [0.2, 0.25) is 6.20 Å². The van der Waals surface area contributed by atoms with Crippen LogP contribution < -0.4 is 14.6 Å². The molecule has 19 heavy (non-hydrogen) atoms. The van der Waals surface area contributed by atoms with Crippen molar-refractivity contribution >= 4 is 12.0 Å². The molecule has 0 atom stereocenters. The fourth-order valence-electron chi connectivity index (χ4n) is 1.36. The Morgan fingerprint density at radius 1 is 1.42 bits per heavy atom. The molecule has 7 nitrogen and oxygen atoms in total. The van der Waals surface area contributed by atoms with Gasteiger partial charge in [0.05, 0.1) is 17.5 Å². The van der Waals surface area contributed by atoms with E-state index in [0.29, 0.717) is 17.9 Å². The molecule has 102 valence electrons. The highest BCUT2D eigenvalue weighted by Crippen LogP contribution is 2.32. The van der Waals surface area contributed by atoms with Crippen LogP contribution in [0.5, 0.6) is 11.5 Å².